The minimum atomic E-state index is -0.985. The summed E-state index contributed by atoms with van der Waals surface area (Å²) in [5.41, 5.74) is 3.17. The third-order valence-electron chi connectivity index (χ3n) is 4.78. The van der Waals surface area contributed by atoms with Crippen molar-refractivity contribution in [3.05, 3.63) is 59.7 Å². The van der Waals surface area contributed by atoms with E-state index >= 15 is 0 Å². The first-order chi connectivity index (χ1) is 13.4. The van der Waals surface area contributed by atoms with Gasteiger partial charge in [-0.05, 0) is 48.2 Å². The number of hydrogen-bond acceptors (Lipinski definition) is 6. The lowest BCUT2D eigenvalue weighted by molar-refractivity contribution is 0.329. The van der Waals surface area contributed by atoms with E-state index in [1.807, 2.05) is 62.4 Å². The Balaban J connectivity index is 2.27. The van der Waals surface area contributed by atoms with E-state index < -0.39 is 28.7 Å². The summed E-state index contributed by atoms with van der Waals surface area (Å²) in [5, 5.41) is 50.6. The standard InChI is InChI=1S/C22H23NO5/c1-3-13-5-9-15(10-6-13)23(16-11-7-14(4-2)8-12-16)17-18(24)20(26)22(28)21(27)19(17)25/h5-12,24-28H,3-4H2,1-2H3. The van der Waals surface area contributed by atoms with Crippen molar-refractivity contribution in [2.24, 2.45) is 0 Å². The molecule has 0 atom stereocenters. The number of nitrogens with zero attached hydrogens (tertiary/aromatic N) is 1. The first-order valence-electron chi connectivity index (χ1n) is 9.05. The molecule has 0 fully saturated rings. The van der Waals surface area contributed by atoms with Gasteiger partial charge < -0.3 is 30.4 Å². The molecule has 146 valence electrons. The fourth-order valence-electron chi connectivity index (χ4n) is 3.05. The molecular formula is C22H23NO5. The molecule has 3 aromatic rings. The fraction of sp³-hybridized carbons (Fsp3) is 0.182. The second-order valence-corrected chi connectivity index (χ2v) is 6.47. The zero-order chi connectivity index (χ0) is 20.4. The number of rotatable bonds is 5. The van der Waals surface area contributed by atoms with Crippen LogP contribution in [-0.4, -0.2) is 25.5 Å². The van der Waals surface area contributed by atoms with E-state index in [2.05, 4.69) is 0 Å². The van der Waals surface area contributed by atoms with Crippen LogP contribution in [0.1, 0.15) is 25.0 Å². The lowest BCUT2D eigenvalue weighted by Gasteiger charge is -2.27. The predicted molar refractivity (Wildman–Crippen MR) is 108 cm³/mol. The van der Waals surface area contributed by atoms with Crippen molar-refractivity contribution in [3.63, 3.8) is 0 Å². The van der Waals surface area contributed by atoms with Gasteiger partial charge in [0.15, 0.2) is 11.5 Å². The summed E-state index contributed by atoms with van der Waals surface area (Å²) < 4.78 is 0. The molecule has 0 aliphatic rings. The molecule has 0 heterocycles. The van der Waals surface area contributed by atoms with E-state index in [-0.39, 0.29) is 5.69 Å². The number of hydrogen-bond donors (Lipinski definition) is 5. The van der Waals surface area contributed by atoms with Gasteiger partial charge in [0.25, 0.3) is 0 Å². The van der Waals surface area contributed by atoms with E-state index in [1.165, 1.54) is 4.90 Å². The van der Waals surface area contributed by atoms with Crippen LogP contribution in [0.5, 0.6) is 28.7 Å². The summed E-state index contributed by atoms with van der Waals surface area (Å²) >= 11 is 0. The van der Waals surface area contributed by atoms with Gasteiger partial charge in [0.2, 0.25) is 17.2 Å². The maximum absolute atomic E-state index is 10.5. The van der Waals surface area contributed by atoms with Crippen molar-refractivity contribution in [2.45, 2.75) is 26.7 Å². The molecule has 0 bridgehead atoms. The number of phenols is 5. The molecule has 0 aliphatic heterocycles. The highest BCUT2D eigenvalue weighted by Crippen LogP contribution is 2.57. The van der Waals surface area contributed by atoms with Crippen LogP contribution in [-0.2, 0) is 12.8 Å². The SMILES string of the molecule is CCc1ccc(N(c2ccc(CC)cc2)c2c(O)c(O)c(O)c(O)c2O)cc1. The molecule has 0 amide bonds. The smallest absolute Gasteiger partial charge is 0.208 e. The summed E-state index contributed by atoms with van der Waals surface area (Å²) in [4.78, 5) is 1.50. The summed E-state index contributed by atoms with van der Waals surface area (Å²) in [6, 6.07) is 14.9. The third kappa shape index (κ3) is 3.24. The van der Waals surface area contributed by atoms with Gasteiger partial charge in [-0.25, -0.2) is 0 Å². The van der Waals surface area contributed by atoms with Crippen molar-refractivity contribution in [1.29, 1.82) is 0 Å². The zero-order valence-corrected chi connectivity index (χ0v) is 15.7. The molecule has 28 heavy (non-hydrogen) atoms. The van der Waals surface area contributed by atoms with E-state index in [9.17, 15) is 25.5 Å². The number of aryl methyl sites for hydroxylation is 2. The Morgan fingerprint density at radius 3 is 1.18 bits per heavy atom. The van der Waals surface area contributed by atoms with Crippen LogP contribution in [0.4, 0.5) is 17.1 Å². The highest BCUT2D eigenvalue weighted by molar-refractivity contribution is 5.89. The second-order valence-electron chi connectivity index (χ2n) is 6.47. The van der Waals surface area contributed by atoms with Crippen LogP contribution in [0, 0.1) is 0 Å². The van der Waals surface area contributed by atoms with Gasteiger partial charge in [-0.3, -0.25) is 0 Å². The molecule has 0 saturated carbocycles. The predicted octanol–water partition coefficient (Wildman–Crippen LogP) is 4.81. The first kappa shape index (κ1) is 19.2. The fourth-order valence-corrected chi connectivity index (χ4v) is 3.05. The van der Waals surface area contributed by atoms with Crippen LogP contribution in [0.2, 0.25) is 0 Å². The van der Waals surface area contributed by atoms with Crippen LogP contribution >= 0.6 is 0 Å². The molecule has 0 unspecified atom stereocenters. The summed E-state index contributed by atoms with van der Waals surface area (Å²) in [6.07, 6.45) is 1.70. The minimum Gasteiger partial charge on any atom is -0.503 e. The zero-order valence-electron chi connectivity index (χ0n) is 15.7. The van der Waals surface area contributed by atoms with E-state index in [4.69, 9.17) is 0 Å². The van der Waals surface area contributed by atoms with Gasteiger partial charge in [-0.15, -0.1) is 0 Å². The lowest BCUT2D eigenvalue weighted by atomic mass is 10.1. The largest absolute Gasteiger partial charge is 0.503 e. The molecule has 0 radical (unpaired) electrons. The Bertz CT molecular complexity index is 905. The molecule has 0 aliphatic carbocycles. The topological polar surface area (TPSA) is 104 Å². The quantitative estimate of drug-likeness (QED) is 0.321. The van der Waals surface area contributed by atoms with E-state index in [1.54, 1.807) is 0 Å². The number of benzene rings is 3. The monoisotopic (exact) mass is 381 g/mol. The van der Waals surface area contributed by atoms with Crippen molar-refractivity contribution >= 4 is 17.1 Å². The van der Waals surface area contributed by atoms with Gasteiger partial charge in [-0.1, -0.05) is 38.1 Å². The summed E-state index contributed by atoms with van der Waals surface area (Å²) in [6.45, 7) is 4.06. The maximum Gasteiger partial charge on any atom is 0.208 e. The molecule has 5 N–H and O–H groups in total. The molecular weight excluding hydrogens is 358 g/mol. The van der Waals surface area contributed by atoms with Crippen molar-refractivity contribution in [3.8, 4) is 28.7 Å². The maximum atomic E-state index is 10.5. The lowest BCUT2D eigenvalue weighted by Crippen LogP contribution is -2.11. The van der Waals surface area contributed by atoms with Gasteiger partial charge in [0.1, 0.15) is 5.69 Å². The molecule has 3 aromatic carbocycles. The molecule has 0 spiro atoms. The molecule has 0 saturated heterocycles. The molecule has 0 aromatic heterocycles. The summed E-state index contributed by atoms with van der Waals surface area (Å²) in [7, 11) is 0. The molecule has 6 heteroatoms. The Labute approximate surface area is 163 Å². The van der Waals surface area contributed by atoms with E-state index in [0.717, 1.165) is 24.0 Å². The molecule has 6 nitrogen and oxygen atoms in total. The average Bonchev–Trinajstić information content (AvgIpc) is 2.74. The Hall–Kier alpha value is -3.54. The highest BCUT2D eigenvalue weighted by Gasteiger charge is 2.28. The Morgan fingerprint density at radius 1 is 0.536 bits per heavy atom. The van der Waals surface area contributed by atoms with Gasteiger partial charge in [0.05, 0.1) is 0 Å². The normalized spacial score (nSPS) is 10.8. The summed E-state index contributed by atoms with van der Waals surface area (Å²) in [5.74, 6) is -4.29. The van der Waals surface area contributed by atoms with Crippen LogP contribution in [0.25, 0.3) is 0 Å². The first-order valence-corrected chi connectivity index (χ1v) is 9.05. The van der Waals surface area contributed by atoms with Crippen LogP contribution < -0.4 is 4.90 Å². The van der Waals surface area contributed by atoms with Crippen molar-refractivity contribution in [2.75, 3.05) is 4.90 Å². The van der Waals surface area contributed by atoms with Crippen LogP contribution in [0.3, 0.4) is 0 Å². The highest BCUT2D eigenvalue weighted by atomic mass is 16.4. The molecule has 3 rings (SSSR count). The van der Waals surface area contributed by atoms with Crippen molar-refractivity contribution < 1.29 is 25.5 Å². The Morgan fingerprint density at radius 2 is 0.857 bits per heavy atom. The second kappa shape index (κ2) is 7.60. The van der Waals surface area contributed by atoms with Gasteiger partial charge in [-0.2, -0.15) is 0 Å². The average molecular weight is 381 g/mol. The third-order valence-corrected chi connectivity index (χ3v) is 4.78. The van der Waals surface area contributed by atoms with Gasteiger partial charge >= 0.3 is 0 Å². The van der Waals surface area contributed by atoms with Gasteiger partial charge in [0, 0.05) is 11.4 Å². The minimum absolute atomic E-state index is 0.235. The van der Waals surface area contributed by atoms with Crippen LogP contribution in [0.15, 0.2) is 48.5 Å². The number of aromatic hydroxyl groups is 5. The number of anilines is 3. The number of phenolic OH excluding ortho intramolecular Hbond substituents is 5. The van der Waals surface area contributed by atoms with Crippen molar-refractivity contribution in [1.82, 2.24) is 0 Å². The van der Waals surface area contributed by atoms with E-state index in [0.29, 0.717) is 11.4 Å². The Kier molecular flexibility index (Phi) is 5.22.